The Bertz CT molecular complexity index is 830. The lowest BCUT2D eigenvalue weighted by molar-refractivity contribution is -0.121. The fourth-order valence-electron chi connectivity index (χ4n) is 3.15. The molecule has 2 N–H and O–H groups in total. The molecule has 1 aliphatic rings. The smallest absolute Gasteiger partial charge is 0.232 e. The Morgan fingerprint density at radius 1 is 1.25 bits per heavy atom. The molecule has 0 aliphatic carbocycles. The van der Waals surface area contributed by atoms with E-state index in [0.717, 1.165) is 10.6 Å². The molecule has 122 valence electrons. The second kappa shape index (κ2) is 6.09. The molecule has 0 radical (unpaired) electrons. The van der Waals surface area contributed by atoms with E-state index in [2.05, 4.69) is 20.7 Å². The van der Waals surface area contributed by atoms with Crippen molar-refractivity contribution in [2.24, 2.45) is 5.92 Å². The van der Waals surface area contributed by atoms with Crippen LogP contribution in [0.1, 0.15) is 17.8 Å². The van der Waals surface area contributed by atoms with E-state index in [1.807, 2.05) is 54.8 Å². The molecular formula is C17H17N5OS. The van der Waals surface area contributed by atoms with E-state index in [-0.39, 0.29) is 23.9 Å². The third-order valence-corrected chi connectivity index (χ3v) is 5.19. The van der Waals surface area contributed by atoms with Crippen LogP contribution < -0.4 is 10.6 Å². The SMILES string of the molecule is C[C@H]1Nc2ncnn2[C@@H](c2cccs2)[C@H]1C(=O)Nc1ccccc1. The molecule has 0 unspecified atom stereocenters. The predicted octanol–water partition coefficient (Wildman–Crippen LogP) is 3.00. The van der Waals surface area contributed by atoms with Crippen molar-refractivity contribution in [1.82, 2.24) is 14.8 Å². The van der Waals surface area contributed by atoms with Crippen molar-refractivity contribution in [3.63, 3.8) is 0 Å². The van der Waals surface area contributed by atoms with Crippen molar-refractivity contribution in [1.29, 1.82) is 0 Å². The molecule has 3 aromatic rings. The number of carbonyl (C=O) groups is 1. The number of para-hydroxylation sites is 1. The average Bonchev–Trinajstić information content (AvgIpc) is 3.25. The van der Waals surface area contributed by atoms with Crippen molar-refractivity contribution in [3.05, 3.63) is 59.0 Å². The fraction of sp³-hybridized carbons (Fsp3) is 0.235. The Balaban J connectivity index is 1.71. The van der Waals surface area contributed by atoms with Crippen LogP contribution in [0.5, 0.6) is 0 Å². The standard InChI is InChI=1S/C17H17N5OS/c1-11-14(16(23)21-12-6-3-2-4-7-12)15(13-8-5-9-24-13)22-17(20-11)18-10-19-22/h2-11,14-15H,1H3,(H,21,23)(H,18,19,20)/t11-,14+,15+/m1/s1. The van der Waals surface area contributed by atoms with Gasteiger partial charge in [0.25, 0.3) is 0 Å². The van der Waals surface area contributed by atoms with Gasteiger partial charge in [0.2, 0.25) is 11.9 Å². The fourth-order valence-corrected chi connectivity index (χ4v) is 4.01. The van der Waals surface area contributed by atoms with Gasteiger partial charge in [-0.15, -0.1) is 11.3 Å². The summed E-state index contributed by atoms with van der Waals surface area (Å²) in [7, 11) is 0. The highest BCUT2D eigenvalue weighted by Gasteiger charge is 2.41. The van der Waals surface area contributed by atoms with Gasteiger partial charge in [-0.25, -0.2) is 4.68 Å². The number of hydrogen-bond acceptors (Lipinski definition) is 5. The summed E-state index contributed by atoms with van der Waals surface area (Å²) >= 11 is 1.63. The molecule has 0 saturated carbocycles. The van der Waals surface area contributed by atoms with Crippen molar-refractivity contribution < 1.29 is 4.79 Å². The lowest BCUT2D eigenvalue weighted by Gasteiger charge is -2.36. The van der Waals surface area contributed by atoms with Crippen LogP contribution in [-0.2, 0) is 4.79 Å². The van der Waals surface area contributed by atoms with Crippen LogP contribution in [0.3, 0.4) is 0 Å². The molecule has 2 aromatic heterocycles. The number of fused-ring (bicyclic) bond motifs is 1. The summed E-state index contributed by atoms with van der Waals surface area (Å²) in [4.78, 5) is 18.4. The molecule has 24 heavy (non-hydrogen) atoms. The van der Waals surface area contributed by atoms with Crippen LogP contribution in [0.2, 0.25) is 0 Å². The second-order valence-electron chi connectivity index (χ2n) is 5.80. The van der Waals surface area contributed by atoms with Crippen molar-refractivity contribution in [2.45, 2.75) is 19.0 Å². The molecule has 3 atom stereocenters. The number of benzene rings is 1. The Labute approximate surface area is 143 Å². The van der Waals surface area contributed by atoms with E-state index in [1.54, 1.807) is 16.0 Å². The molecule has 0 fully saturated rings. The van der Waals surface area contributed by atoms with E-state index in [4.69, 9.17) is 0 Å². The van der Waals surface area contributed by atoms with Gasteiger partial charge in [0, 0.05) is 16.6 Å². The van der Waals surface area contributed by atoms with Crippen LogP contribution in [0, 0.1) is 5.92 Å². The summed E-state index contributed by atoms with van der Waals surface area (Å²) in [6.07, 6.45) is 1.52. The van der Waals surface area contributed by atoms with Gasteiger partial charge in [0.1, 0.15) is 12.4 Å². The Kier molecular flexibility index (Phi) is 3.78. The van der Waals surface area contributed by atoms with Gasteiger partial charge in [-0.1, -0.05) is 24.3 Å². The molecule has 0 bridgehead atoms. The summed E-state index contributed by atoms with van der Waals surface area (Å²) in [5, 5.41) is 12.7. The summed E-state index contributed by atoms with van der Waals surface area (Å²) in [5.41, 5.74) is 0.795. The van der Waals surface area contributed by atoms with Gasteiger partial charge in [-0.3, -0.25) is 4.79 Å². The predicted molar refractivity (Wildman–Crippen MR) is 94.1 cm³/mol. The zero-order valence-electron chi connectivity index (χ0n) is 13.1. The molecular weight excluding hydrogens is 322 g/mol. The summed E-state index contributed by atoms with van der Waals surface area (Å²) < 4.78 is 1.81. The highest BCUT2D eigenvalue weighted by Crippen LogP contribution is 2.38. The topological polar surface area (TPSA) is 71.8 Å². The third kappa shape index (κ3) is 2.56. The van der Waals surface area contributed by atoms with E-state index >= 15 is 0 Å². The number of nitrogens with zero attached hydrogens (tertiary/aromatic N) is 3. The van der Waals surface area contributed by atoms with E-state index in [0.29, 0.717) is 5.95 Å². The van der Waals surface area contributed by atoms with Gasteiger partial charge in [-0.05, 0) is 30.5 Å². The lowest BCUT2D eigenvalue weighted by Crippen LogP contribution is -2.46. The number of anilines is 2. The second-order valence-corrected chi connectivity index (χ2v) is 6.78. The minimum absolute atomic E-state index is 0.0271. The Morgan fingerprint density at radius 3 is 2.83 bits per heavy atom. The minimum Gasteiger partial charge on any atom is -0.351 e. The first-order valence-corrected chi connectivity index (χ1v) is 8.67. The average molecular weight is 339 g/mol. The highest BCUT2D eigenvalue weighted by molar-refractivity contribution is 7.10. The first-order valence-electron chi connectivity index (χ1n) is 7.79. The summed E-state index contributed by atoms with van der Waals surface area (Å²) in [6.45, 7) is 2.01. The molecule has 0 saturated heterocycles. The van der Waals surface area contributed by atoms with Gasteiger partial charge in [0.05, 0.1) is 5.92 Å². The van der Waals surface area contributed by atoms with Gasteiger partial charge in [-0.2, -0.15) is 10.1 Å². The van der Waals surface area contributed by atoms with Crippen LogP contribution >= 0.6 is 11.3 Å². The number of rotatable bonds is 3. The maximum atomic E-state index is 13.0. The van der Waals surface area contributed by atoms with E-state index in [1.165, 1.54) is 6.33 Å². The molecule has 7 heteroatoms. The third-order valence-electron chi connectivity index (χ3n) is 4.25. The van der Waals surface area contributed by atoms with Gasteiger partial charge < -0.3 is 10.6 Å². The number of carbonyl (C=O) groups excluding carboxylic acids is 1. The Morgan fingerprint density at radius 2 is 2.08 bits per heavy atom. The van der Waals surface area contributed by atoms with Crippen molar-refractivity contribution in [3.8, 4) is 0 Å². The first kappa shape index (κ1) is 14.9. The van der Waals surface area contributed by atoms with Crippen molar-refractivity contribution in [2.75, 3.05) is 10.6 Å². The van der Waals surface area contributed by atoms with Crippen LogP contribution in [-0.4, -0.2) is 26.7 Å². The monoisotopic (exact) mass is 339 g/mol. The zero-order valence-corrected chi connectivity index (χ0v) is 13.9. The molecule has 0 spiro atoms. The quantitative estimate of drug-likeness (QED) is 0.769. The number of nitrogens with one attached hydrogen (secondary N) is 2. The number of thiophene rings is 1. The van der Waals surface area contributed by atoms with Crippen LogP contribution in [0.15, 0.2) is 54.2 Å². The van der Waals surface area contributed by atoms with E-state index < -0.39 is 0 Å². The molecule has 1 aliphatic heterocycles. The maximum Gasteiger partial charge on any atom is 0.232 e. The zero-order chi connectivity index (χ0) is 16.5. The maximum absolute atomic E-state index is 13.0. The minimum atomic E-state index is -0.293. The molecule has 6 nitrogen and oxygen atoms in total. The van der Waals surface area contributed by atoms with E-state index in [9.17, 15) is 4.79 Å². The summed E-state index contributed by atoms with van der Waals surface area (Å²) in [6, 6.07) is 13.3. The lowest BCUT2D eigenvalue weighted by atomic mass is 9.89. The van der Waals surface area contributed by atoms with Gasteiger partial charge >= 0.3 is 0 Å². The Hall–Kier alpha value is -2.67. The number of aromatic nitrogens is 3. The normalized spacial score (nSPS) is 22.5. The van der Waals surface area contributed by atoms with Crippen molar-refractivity contribution >= 4 is 28.9 Å². The number of amides is 1. The molecule has 3 heterocycles. The van der Waals surface area contributed by atoms with Crippen LogP contribution in [0.25, 0.3) is 0 Å². The summed E-state index contributed by atoms with van der Waals surface area (Å²) in [5.74, 6) is 0.378. The molecule has 1 aromatic carbocycles. The first-order chi connectivity index (χ1) is 11.7. The number of hydrogen-bond donors (Lipinski definition) is 2. The van der Waals surface area contributed by atoms with Crippen LogP contribution in [0.4, 0.5) is 11.6 Å². The molecule has 4 rings (SSSR count). The largest absolute Gasteiger partial charge is 0.351 e. The highest BCUT2D eigenvalue weighted by atomic mass is 32.1. The molecule has 1 amide bonds. The van der Waals surface area contributed by atoms with Gasteiger partial charge in [0.15, 0.2) is 0 Å².